The molecule has 0 heterocycles. The fourth-order valence-electron chi connectivity index (χ4n) is 1.45. The molecule has 1 unspecified atom stereocenters. The third kappa shape index (κ3) is 5.01. The van der Waals surface area contributed by atoms with Gasteiger partial charge in [-0.05, 0) is 27.7 Å². The quantitative estimate of drug-likeness (QED) is 0.507. The molecule has 0 saturated heterocycles. The van der Waals surface area contributed by atoms with Gasteiger partial charge in [0, 0.05) is 6.61 Å². The molecule has 0 rings (SSSR count). The minimum atomic E-state index is -1.66. The maximum Gasteiger partial charge on any atom is 0.323 e. The van der Waals surface area contributed by atoms with Crippen molar-refractivity contribution in [3.8, 4) is 0 Å². The summed E-state index contributed by atoms with van der Waals surface area (Å²) in [4.78, 5) is 23.5. The molecule has 0 aromatic carbocycles. The van der Waals surface area contributed by atoms with Crippen molar-refractivity contribution in [1.29, 1.82) is 0 Å². The molecule has 0 spiro atoms. The van der Waals surface area contributed by atoms with Crippen LogP contribution in [-0.4, -0.2) is 49.1 Å². The predicted molar refractivity (Wildman–Crippen MR) is 63.9 cm³/mol. The molecule has 1 N–H and O–H groups in total. The van der Waals surface area contributed by atoms with Crippen LogP contribution in [0.2, 0.25) is 0 Å². The summed E-state index contributed by atoms with van der Waals surface area (Å²) in [5, 5.41) is 10.2. The molecule has 0 fully saturated rings. The molecule has 0 aromatic rings. The van der Waals surface area contributed by atoms with Gasteiger partial charge < -0.3 is 19.3 Å². The second-order valence-electron chi connectivity index (χ2n) is 3.93. The summed E-state index contributed by atoms with van der Waals surface area (Å²) in [6, 6.07) is 0. The van der Waals surface area contributed by atoms with E-state index >= 15 is 0 Å². The number of rotatable bonds is 8. The van der Waals surface area contributed by atoms with Crippen LogP contribution in [0.3, 0.4) is 0 Å². The van der Waals surface area contributed by atoms with Crippen LogP contribution in [0.25, 0.3) is 0 Å². The Morgan fingerprint density at radius 1 is 1.06 bits per heavy atom. The zero-order valence-electron chi connectivity index (χ0n) is 11.4. The zero-order chi connectivity index (χ0) is 14.2. The Labute approximate surface area is 107 Å². The molecule has 106 valence electrons. The highest BCUT2D eigenvalue weighted by molar-refractivity contribution is 5.96. The highest BCUT2D eigenvalue weighted by atomic mass is 16.6. The van der Waals surface area contributed by atoms with Gasteiger partial charge in [-0.3, -0.25) is 9.59 Å². The Morgan fingerprint density at radius 2 is 1.50 bits per heavy atom. The van der Waals surface area contributed by atoms with Gasteiger partial charge in [-0.15, -0.1) is 0 Å². The molecule has 6 nitrogen and oxygen atoms in total. The minimum Gasteiger partial charge on any atom is -0.465 e. The van der Waals surface area contributed by atoms with Crippen LogP contribution in [-0.2, 0) is 23.8 Å². The van der Waals surface area contributed by atoms with Crippen molar-refractivity contribution in [2.24, 2.45) is 5.92 Å². The van der Waals surface area contributed by atoms with Gasteiger partial charge in [0.15, 0.2) is 5.92 Å². The first-order chi connectivity index (χ1) is 8.40. The molecule has 0 aliphatic heterocycles. The molecular formula is C12H22O6. The van der Waals surface area contributed by atoms with E-state index in [0.29, 0.717) is 6.61 Å². The van der Waals surface area contributed by atoms with Crippen molar-refractivity contribution in [3.05, 3.63) is 0 Å². The number of ether oxygens (including phenoxy) is 3. The van der Waals surface area contributed by atoms with Crippen molar-refractivity contribution in [1.82, 2.24) is 0 Å². The largest absolute Gasteiger partial charge is 0.465 e. The zero-order valence-corrected chi connectivity index (χ0v) is 11.4. The van der Waals surface area contributed by atoms with Gasteiger partial charge in [0.1, 0.15) is 5.60 Å². The topological polar surface area (TPSA) is 82.1 Å². The van der Waals surface area contributed by atoms with E-state index < -0.39 is 23.5 Å². The molecule has 0 radical (unpaired) electrons. The lowest BCUT2D eigenvalue weighted by molar-refractivity contribution is -0.177. The summed E-state index contributed by atoms with van der Waals surface area (Å²) in [6.45, 7) is 6.81. The first kappa shape index (κ1) is 16.9. The summed E-state index contributed by atoms with van der Waals surface area (Å²) >= 11 is 0. The number of hydrogen-bond donors (Lipinski definition) is 1. The van der Waals surface area contributed by atoms with Gasteiger partial charge in [0.2, 0.25) is 0 Å². The average Bonchev–Trinajstić information content (AvgIpc) is 2.27. The molecule has 0 saturated carbocycles. The van der Waals surface area contributed by atoms with Gasteiger partial charge in [-0.1, -0.05) is 0 Å². The third-order valence-electron chi connectivity index (χ3n) is 2.26. The van der Waals surface area contributed by atoms with Gasteiger partial charge >= 0.3 is 11.9 Å². The van der Waals surface area contributed by atoms with Crippen molar-refractivity contribution in [2.75, 3.05) is 26.4 Å². The SMILES string of the molecule is CCOCC(C)(O)C(C(=O)OCC)C(=O)OCC. The molecule has 1 atom stereocenters. The smallest absolute Gasteiger partial charge is 0.323 e. The molecule has 0 aliphatic rings. The fourth-order valence-corrected chi connectivity index (χ4v) is 1.45. The Hall–Kier alpha value is -1.14. The van der Waals surface area contributed by atoms with Crippen molar-refractivity contribution in [2.45, 2.75) is 33.3 Å². The van der Waals surface area contributed by atoms with E-state index in [1.165, 1.54) is 6.92 Å². The summed E-state index contributed by atoms with van der Waals surface area (Å²) in [5.41, 5.74) is -1.66. The standard InChI is InChI=1S/C12H22O6/c1-5-16-8-12(4,15)9(10(13)17-6-2)11(14)18-7-3/h9,15H,5-8H2,1-4H3. The first-order valence-electron chi connectivity index (χ1n) is 6.04. The van der Waals surface area contributed by atoms with Gasteiger partial charge in [-0.2, -0.15) is 0 Å². The molecule has 0 aromatic heterocycles. The number of esters is 2. The molecule has 0 aliphatic carbocycles. The number of carbonyl (C=O) groups excluding carboxylic acids is 2. The van der Waals surface area contributed by atoms with E-state index in [4.69, 9.17) is 14.2 Å². The number of hydrogen-bond acceptors (Lipinski definition) is 6. The van der Waals surface area contributed by atoms with Crippen LogP contribution in [0.5, 0.6) is 0 Å². The van der Waals surface area contributed by atoms with Crippen LogP contribution in [0, 0.1) is 5.92 Å². The third-order valence-corrected chi connectivity index (χ3v) is 2.26. The van der Waals surface area contributed by atoms with Crippen LogP contribution >= 0.6 is 0 Å². The predicted octanol–water partition coefficient (Wildman–Crippen LogP) is 0.516. The van der Waals surface area contributed by atoms with E-state index in [1.54, 1.807) is 20.8 Å². The number of aliphatic hydroxyl groups is 1. The molecular weight excluding hydrogens is 240 g/mol. The van der Waals surface area contributed by atoms with Gasteiger partial charge in [0.05, 0.1) is 19.8 Å². The van der Waals surface area contributed by atoms with Crippen LogP contribution in [0.4, 0.5) is 0 Å². The number of carbonyl (C=O) groups is 2. The van der Waals surface area contributed by atoms with E-state index in [-0.39, 0.29) is 19.8 Å². The van der Waals surface area contributed by atoms with Crippen LogP contribution < -0.4 is 0 Å². The van der Waals surface area contributed by atoms with Gasteiger partial charge in [0.25, 0.3) is 0 Å². The van der Waals surface area contributed by atoms with E-state index in [1.807, 2.05) is 0 Å². The van der Waals surface area contributed by atoms with Gasteiger partial charge in [-0.25, -0.2) is 0 Å². The van der Waals surface area contributed by atoms with E-state index in [0.717, 1.165) is 0 Å². The minimum absolute atomic E-state index is 0.124. The van der Waals surface area contributed by atoms with Crippen molar-refractivity contribution < 1.29 is 28.9 Å². The Kier molecular flexibility index (Phi) is 7.54. The molecule has 18 heavy (non-hydrogen) atoms. The maximum atomic E-state index is 11.7. The van der Waals surface area contributed by atoms with E-state index in [9.17, 15) is 14.7 Å². The lowest BCUT2D eigenvalue weighted by atomic mass is 9.90. The lowest BCUT2D eigenvalue weighted by Gasteiger charge is -2.29. The molecule has 0 amide bonds. The normalized spacial score (nSPS) is 14.1. The Morgan fingerprint density at radius 3 is 1.83 bits per heavy atom. The highest BCUT2D eigenvalue weighted by Crippen LogP contribution is 2.21. The first-order valence-corrected chi connectivity index (χ1v) is 6.04. The maximum absolute atomic E-state index is 11.7. The average molecular weight is 262 g/mol. The second-order valence-corrected chi connectivity index (χ2v) is 3.93. The summed E-state index contributed by atoms with van der Waals surface area (Å²) in [5.74, 6) is -3.01. The highest BCUT2D eigenvalue weighted by Gasteiger charge is 2.45. The Balaban J connectivity index is 4.94. The fraction of sp³-hybridized carbons (Fsp3) is 0.833. The summed E-state index contributed by atoms with van der Waals surface area (Å²) < 4.78 is 14.6. The lowest BCUT2D eigenvalue weighted by Crippen LogP contribution is -2.49. The van der Waals surface area contributed by atoms with E-state index in [2.05, 4.69) is 0 Å². The molecule has 0 bridgehead atoms. The van der Waals surface area contributed by atoms with Crippen LogP contribution in [0.1, 0.15) is 27.7 Å². The Bertz CT molecular complexity index is 256. The van der Waals surface area contributed by atoms with Crippen molar-refractivity contribution in [3.63, 3.8) is 0 Å². The second kappa shape index (κ2) is 8.05. The van der Waals surface area contributed by atoms with Crippen LogP contribution in [0.15, 0.2) is 0 Å². The summed E-state index contributed by atoms with van der Waals surface area (Å²) in [6.07, 6.45) is 0. The summed E-state index contributed by atoms with van der Waals surface area (Å²) in [7, 11) is 0. The monoisotopic (exact) mass is 262 g/mol. The molecule has 6 heteroatoms. The van der Waals surface area contributed by atoms with Crippen molar-refractivity contribution >= 4 is 11.9 Å².